The van der Waals surface area contributed by atoms with Gasteiger partial charge in [0.25, 0.3) is 0 Å². The minimum Gasteiger partial charge on any atom is -0.421 e. The van der Waals surface area contributed by atoms with Crippen LogP contribution in [0.5, 0.6) is 0 Å². The summed E-state index contributed by atoms with van der Waals surface area (Å²) in [6.07, 6.45) is 2.49. The van der Waals surface area contributed by atoms with E-state index in [0.29, 0.717) is 17.5 Å². The van der Waals surface area contributed by atoms with Gasteiger partial charge in [-0.3, -0.25) is 0 Å². The number of aryl methyl sites for hydroxylation is 1. The Kier molecular flexibility index (Phi) is 3.81. The number of aliphatic hydroxyl groups is 1. The summed E-state index contributed by atoms with van der Waals surface area (Å²) in [6, 6.07) is 6.77. The molecule has 7 nitrogen and oxygen atoms in total. The molecule has 0 saturated heterocycles. The standard InChI is InChI=1S/C15H18N4O3/c1-10-18-19-13(22-10)11-3-5-12(6-4-11)17-14(20)16-9-15(21)7-2-8-15/h3-6,21H,2,7-9H2,1H3,(H2,16,17,20). The molecule has 0 aliphatic heterocycles. The van der Waals surface area contributed by atoms with Crippen LogP contribution in [0, 0.1) is 6.92 Å². The first-order chi connectivity index (χ1) is 10.5. The molecule has 2 amide bonds. The molecule has 1 fully saturated rings. The van der Waals surface area contributed by atoms with Gasteiger partial charge in [0.05, 0.1) is 5.60 Å². The second kappa shape index (κ2) is 5.76. The Hall–Kier alpha value is -2.41. The zero-order chi connectivity index (χ0) is 15.6. The summed E-state index contributed by atoms with van der Waals surface area (Å²) in [5, 5.41) is 23.0. The van der Waals surface area contributed by atoms with Crippen molar-refractivity contribution in [3.8, 4) is 11.5 Å². The molecule has 7 heteroatoms. The third-order valence-corrected chi connectivity index (χ3v) is 3.78. The van der Waals surface area contributed by atoms with Crippen molar-refractivity contribution in [1.82, 2.24) is 15.5 Å². The van der Waals surface area contributed by atoms with Crippen molar-refractivity contribution in [2.24, 2.45) is 0 Å². The fraction of sp³-hybridized carbons (Fsp3) is 0.400. The van der Waals surface area contributed by atoms with Crippen LogP contribution in [-0.4, -0.2) is 33.5 Å². The molecule has 22 heavy (non-hydrogen) atoms. The lowest BCUT2D eigenvalue weighted by Crippen LogP contribution is -2.48. The molecular weight excluding hydrogens is 284 g/mol. The largest absolute Gasteiger partial charge is 0.421 e. The lowest BCUT2D eigenvalue weighted by molar-refractivity contribution is -0.0287. The molecule has 0 unspecified atom stereocenters. The van der Waals surface area contributed by atoms with Crippen LogP contribution in [0.4, 0.5) is 10.5 Å². The summed E-state index contributed by atoms with van der Waals surface area (Å²) < 4.78 is 5.34. The Bertz CT molecular complexity index is 662. The fourth-order valence-corrected chi connectivity index (χ4v) is 2.29. The first-order valence-electron chi connectivity index (χ1n) is 7.22. The Morgan fingerprint density at radius 1 is 1.32 bits per heavy atom. The average molecular weight is 302 g/mol. The third kappa shape index (κ3) is 3.25. The topological polar surface area (TPSA) is 100 Å². The van der Waals surface area contributed by atoms with Gasteiger partial charge in [0.1, 0.15) is 0 Å². The van der Waals surface area contributed by atoms with Gasteiger partial charge in [-0.2, -0.15) is 0 Å². The molecule has 0 bridgehead atoms. The first kappa shape index (κ1) is 14.5. The van der Waals surface area contributed by atoms with Crippen molar-refractivity contribution >= 4 is 11.7 Å². The van der Waals surface area contributed by atoms with Gasteiger partial charge in [0.15, 0.2) is 0 Å². The van der Waals surface area contributed by atoms with E-state index in [1.54, 1.807) is 31.2 Å². The number of rotatable bonds is 4. The molecule has 0 radical (unpaired) electrons. The van der Waals surface area contributed by atoms with Crippen molar-refractivity contribution in [1.29, 1.82) is 0 Å². The maximum Gasteiger partial charge on any atom is 0.319 e. The number of carbonyl (C=O) groups is 1. The van der Waals surface area contributed by atoms with E-state index in [0.717, 1.165) is 24.8 Å². The Morgan fingerprint density at radius 3 is 2.59 bits per heavy atom. The zero-order valence-electron chi connectivity index (χ0n) is 12.3. The SMILES string of the molecule is Cc1nnc(-c2ccc(NC(=O)NCC3(O)CCC3)cc2)o1. The summed E-state index contributed by atoms with van der Waals surface area (Å²) in [4.78, 5) is 11.8. The quantitative estimate of drug-likeness (QED) is 0.803. The number of anilines is 1. The summed E-state index contributed by atoms with van der Waals surface area (Å²) >= 11 is 0. The van der Waals surface area contributed by atoms with Crippen LogP contribution in [0.2, 0.25) is 0 Å². The van der Waals surface area contributed by atoms with E-state index in [1.807, 2.05) is 0 Å². The highest BCUT2D eigenvalue weighted by Crippen LogP contribution is 2.30. The molecule has 3 rings (SSSR count). The molecule has 1 aliphatic carbocycles. The molecule has 1 saturated carbocycles. The van der Waals surface area contributed by atoms with Crippen LogP contribution in [0.25, 0.3) is 11.5 Å². The van der Waals surface area contributed by atoms with Gasteiger partial charge in [-0.1, -0.05) is 0 Å². The fourth-order valence-electron chi connectivity index (χ4n) is 2.29. The number of nitrogens with zero attached hydrogens (tertiary/aromatic N) is 2. The summed E-state index contributed by atoms with van der Waals surface area (Å²) in [5.41, 5.74) is 0.713. The van der Waals surface area contributed by atoms with Crippen molar-refractivity contribution < 1.29 is 14.3 Å². The number of nitrogens with one attached hydrogen (secondary N) is 2. The minimum absolute atomic E-state index is 0.276. The molecule has 0 atom stereocenters. The van der Waals surface area contributed by atoms with Gasteiger partial charge in [0.2, 0.25) is 11.8 Å². The molecule has 3 N–H and O–H groups in total. The van der Waals surface area contributed by atoms with E-state index in [9.17, 15) is 9.90 Å². The average Bonchev–Trinajstić information content (AvgIpc) is 2.90. The van der Waals surface area contributed by atoms with Gasteiger partial charge in [-0.25, -0.2) is 4.79 Å². The smallest absolute Gasteiger partial charge is 0.319 e. The van der Waals surface area contributed by atoms with Crippen molar-refractivity contribution in [2.45, 2.75) is 31.8 Å². The normalized spacial score (nSPS) is 15.9. The molecule has 1 aliphatic rings. The van der Waals surface area contributed by atoms with Gasteiger partial charge in [-0.05, 0) is 43.5 Å². The highest BCUT2D eigenvalue weighted by atomic mass is 16.4. The van der Waals surface area contributed by atoms with Gasteiger partial charge in [-0.15, -0.1) is 10.2 Å². The highest BCUT2D eigenvalue weighted by Gasteiger charge is 2.34. The maximum atomic E-state index is 11.8. The molecule has 2 aromatic rings. The Labute approximate surface area is 127 Å². The molecular formula is C15H18N4O3. The Balaban J connectivity index is 1.55. The number of aromatic nitrogens is 2. The second-order valence-electron chi connectivity index (χ2n) is 5.59. The highest BCUT2D eigenvalue weighted by molar-refractivity contribution is 5.89. The zero-order valence-corrected chi connectivity index (χ0v) is 12.3. The third-order valence-electron chi connectivity index (χ3n) is 3.78. The summed E-state index contributed by atoms with van der Waals surface area (Å²) in [6.45, 7) is 2.00. The van der Waals surface area contributed by atoms with Crippen LogP contribution < -0.4 is 10.6 Å². The van der Waals surface area contributed by atoms with Crippen LogP contribution in [0.3, 0.4) is 0 Å². The second-order valence-corrected chi connectivity index (χ2v) is 5.59. The number of amides is 2. The van der Waals surface area contributed by atoms with E-state index in [1.165, 1.54) is 0 Å². The molecule has 116 valence electrons. The number of hydrogen-bond donors (Lipinski definition) is 3. The lowest BCUT2D eigenvalue weighted by atomic mass is 9.80. The summed E-state index contributed by atoms with van der Waals surface area (Å²) in [5.74, 6) is 0.950. The van der Waals surface area contributed by atoms with Crippen molar-refractivity contribution in [2.75, 3.05) is 11.9 Å². The predicted molar refractivity (Wildman–Crippen MR) is 80.3 cm³/mol. The number of hydrogen-bond acceptors (Lipinski definition) is 5. The van der Waals surface area contributed by atoms with Crippen LogP contribution in [0.1, 0.15) is 25.2 Å². The van der Waals surface area contributed by atoms with E-state index < -0.39 is 5.60 Å². The molecule has 1 aromatic heterocycles. The van der Waals surface area contributed by atoms with Crippen molar-refractivity contribution in [3.63, 3.8) is 0 Å². The van der Waals surface area contributed by atoms with Gasteiger partial charge in [0, 0.05) is 24.7 Å². The van der Waals surface area contributed by atoms with Crippen LogP contribution >= 0.6 is 0 Å². The first-order valence-corrected chi connectivity index (χ1v) is 7.22. The molecule has 0 spiro atoms. The van der Waals surface area contributed by atoms with Crippen LogP contribution in [0.15, 0.2) is 28.7 Å². The van der Waals surface area contributed by atoms with Crippen LogP contribution in [-0.2, 0) is 0 Å². The van der Waals surface area contributed by atoms with E-state index in [4.69, 9.17) is 4.42 Å². The number of carbonyl (C=O) groups excluding carboxylic acids is 1. The van der Waals surface area contributed by atoms with Gasteiger partial charge >= 0.3 is 6.03 Å². The van der Waals surface area contributed by atoms with E-state index in [-0.39, 0.29) is 12.6 Å². The molecule has 1 heterocycles. The van der Waals surface area contributed by atoms with E-state index in [2.05, 4.69) is 20.8 Å². The number of benzene rings is 1. The molecule has 1 aromatic carbocycles. The number of urea groups is 1. The van der Waals surface area contributed by atoms with Gasteiger partial charge < -0.3 is 20.2 Å². The minimum atomic E-state index is -0.725. The Morgan fingerprint density at radius 2 is 2.05 bits per heavy atom. The maximum absolute atomic E-state index is 11.8. The van der Waals surface area contributed by atoms with Crippen molar-refractivity contribution in [3.05, 3.63) is 30.2 Å². The summed E-state index contributed by atoms with van der Waals surface area (Å²) in [7, 11) is 0. The van der Waals surface area contributed by atoms with E-state index >= 15 is 0 Å². The predicted octanol–water partition coefficient (Wildman–Crippen LogP) is 2.08. The monoisotopic (exact) mass is 302 g/mol. The lowest BCUT2D eigenvalue weighted by Gasteiger charge is -2.36.